The average Bonchev–Trinajstić information content (AvgIpc) is 3.36. The van der Waals surface area contributed by atoms with Gasteiger partial charge in [-0.3, -0.25) is 29.0 Å². The number of carbonyl (C=O) groups is 3. The molecule has 0 aromatic heterocycles. The summed E-state index contributed by atoms with van der Waals surface area (Å²) in [5, 5.41) is 4.62. The third kappa shape index (κ3) is 4.86. The number of fused-ring (bicyclic) bond motifs is 1. The molecule has 3 atom stereocenters. The van der Waals surface area contributed by atoms with Gasteiger partial charge in [0.1, 0.15) is 12.3 Å². The minimum Gasteiger partial charge on any atom is -0.497 e. The number of carbonyl (C=O) groups excluding carboxylic acids is 3. The molecule has 2 aromatic rings. The van der Waals surface area contributed by atoms with E-state index in [9.17, 15) is 14.4 Å². The van der Waals surface area contributed by atoms with Crippen LogP contribution in [0, 0.1) is 5.92 Å². The Kier molecular flexibility index (Phi) is 7.04. The summed E-state index contributed by atoms with van der Waals surface area (Å²) >= 11 is 0. The van der Waals surface area contributed by atoms with Crippen LogP contribution in [0.3, 0.4) is 0 Å². The van der Waals surface area contributed by atoms with Gasteiger partial charge in [0.15, 0.2) is 6.10 Å². The smallest absolute Gasteiger partial charge is 0.261 e. The van der Waals surface area contributed by atoms with Crippen LogP contribution in [-0.2, 0) is 25.8 Å². The van der Waals surface area contributed by atoms with E-state index in [4.69, 9.17) is 9.57 Å². The lowest BCUT2D eigenvalue weighted by atomic mass is 9.90. The van der Waals surface area contributed by atoms with Crippen molar-refractivity contribution in [1.82, 2.24) is 20.2 Å². The molecule has 1 N–H and O–H groups in total. The Morgan fingerprint density at radius 1 is 1.06 bits per heavy atom. The highest BCUT2D eigenvalue weighted by atomic mass is 16.7. The van der Waals surface area contributed by atoms with E-state index in [1.807, 2.05) is 30.3 Å². The highest BCUT2D eigenvalue weighted by Crippen LogP contribution is 2.44. The Morgan fingerprint density at radius 2 is 1.81 bits per heavy atom. The van der Waals surface area contributed by atoms with Crippen LogP contribution in [0.5, 0.6) is 5.75 Å². The van der Waals surface area contributed by atoms with E-state index in [1.54, 1.807) is 7.11 Å². The zero-order valence-corrected chi connectivity index (χ0v) is 20.6. The summed E-state index contributed by atoms with van der Waals surface area (Å²) in [4.78, 5) is 48.0. The monoisotopic (exact) mass is 492 g/mol. The van der Waals surface area contributed by atoms with Crippen LogP contribution in [0.2, 0.25) is 0 Å². The minimum absolute atomic E-state index is 0.0661. The van der Waals surface area contributed by atoms with Crippen LogP contribution in [0.25, 0.3) is 0 Å². The Balaban J connectivity index is 1.22. The molecule has 3 heterocycles. The number of hydrogen-bond acceptors (Lipinski definition) is 7. The second-order valence-electron chi connectivity index (χ2n) is 9.69. The Hall–Kier alpha value is -3.27. The molecule has 3 amide bonds. The first-order valence-electron chi connectivity index (χ1n) is 12.4. The van der Waals surface area contributed by atoms with Gasteiger partial charge in [0, 0.05) is 32.7 Å². The fourth-order valence-corrected chi connectivity index (χ4v) is 5.43. The van der Waals surface area contributed by atoms with Gasteiger partial charge in [0.05, 0.1) is 19.1 Å². The molecule has 3 aliphatic heterocycles. The van der Waals surface area contributed by atoms with Crippen molar-refractivity contribution in [2.24, 2.45) is 5.92 Å². The van der Waals surface area contributed by atoms with Crippen LogP contribution in [0.1, 0.15) is 30.0 Å². The second-order valence-corrected chi connectivity index (χ2v) is 9.69. The molecule has 0 saturated carbocycles. The van der Waals surface area contributed by atoms with Gasteiger partial charge in [-0.05, 0) is 36.1 Å². The first-order chi connectivity index (χ1) is 17.4. The van der Waals surface area contributed by atoms with Crippen molar-refractivity contribution < 1.29 is 24.0 Å². The highest BCUT2D eigenvalue weighted by Gasteiger charge is 2.58. The average molecular weight is 493 g/mol. The molecule has 0 aliphatic carbocycles. The van der Waals surface area contributed by atoms with E-state index >= 15 is 0 Å². The van der Waals surface area contributed by atoms with Crippen LogP contribution in [-0.4, -0.2) is 78.5 Å². The van der Waals surface area contributed by atoms with E-state index in [-0.39, 0.29) is 30.3 Å². The molecule has 2 aromatic carbocycles. The molecule has 5 rings (SSSR count). The number of rotatable bonds is 7. The number of methoxy groups -OCH3 is 1. The van der Waals surface area contributed by atoms with Crippen molar-refractivity contribution in [3.05, 3.63) is 65.7 Å². The number of hydrogen-bond donors (Lipinski definition) is 1. The number of imide groups is 1. The number of benzene rings is 2. The Morgan fingerprint density at radius 3 is 2.53 bits per heavy atom. The number of nitrogens with zero attached hydrogens (tertiary/aromatic N) is 3. The lowest BCUT2D eigenvalue weighted by molar-refractivity contribution is -0.182. The summed E-state index contributed by atoms with van der Waals surface area (Å²) in [5.74, 6) is -0.938. The number of nitrogens with one attached hydrogen (secondary N) is 1. The van der Waals surface area contributed by atoms with Crippen molar-refractivity contribution in [3.63, 3.8) is 0 Å². The molecule has 9 nitrogen and oxygen atoms in total. The number of piperidine rings is 1. The number of hydroxylamine groups is 2. The normalized spacial score (nSPS) is 25.3. The van der Waals surface area contributed by atoms with Gasteiger partial charge in [0.25, 0.3) is 5.91 Å². The maximum atomic E-state index is 13.0. The molecule has 190 valence electrons. The maximum absolute atomic E-state index is 13.0. The quantitative estimate of drug-likeness (QED) is 0.589. The third-order valence-electron chi connectivity index (χ3n) is 7.35. The maximum Gasteiger partial charge on any atom is 0.261 e. The molecule has 0 bridgehead atoms. The van der Waals surface area contributed by atoms with E-state index < -0.39 is 18.1 Å². The van der Waals surface area contributed by atoms with Crippen LogP contribution >= 0.6 is 0 Å². The Labute approximate surface area is 210 Å². The van der Waals surface area contributed by atoms with Crippen LogP contribution < -0.4 is 10.1 Å². The lowest BCUT2D eigenvalue weighted by Crippen LogP contribution is -2.47. The van der Waals surface area contributed by atoms with Crippen LogP contribution in [0.15, 0.2) is 54.6 Å². The lowest BCUT2D eigenvalue weighted by Gasteiger charge is -2.33. The zero-order valence-electron chi connectivity index (χ0n) is 20.6. The first kappa shape index (κ1) is 24.4. The van der Waals surface area contributed by atoms with Gasteiger partial charge in [-0.25, -0.2) is 0 Å². The summed E-state index contributed by atoms with van der Waals surface area (Å²) in [5.41, 5.74) is 2.05. The van der Waals surface area contributed by atoms with E-state index in [1.165, 1.54) is 17.7 Å². The third-order valence-corrected chi connectivity index (χ3v) is 7.35. The predicted molar refractivity (Wildman–Crippen MR) is 131 cm³/mol. The molecular weight excluding hydrogens is 460 g/mol. The summed E-state index contributed by atoms with van der Waals surface area (Å²) in [6.45, 7) is 2.66. The summed E-state index contributed by atoms with van der Waals surface area (Å²) < 4.78 is 5.35. The van der Waals surface area contributed by atoms with Gasteiger partial charge < -0.3 is 10.1 Å². The topological polar surface area (TPSA) is 91.4 Å². The van der Waals surface area contributed by atoms with E-state index in [0.29, 0.717) is 5.75 Å². The largest absolute Gasteiger partial charge is 0.497 e. The van der Waals surface area contributed by atoms with Crippen molar-refractivity contribution >= 4 is 17.7 Å². The molecular formula is C27H32N4O5. The van der Waals surface area contributed by atoms with Gasteiger partial charge in [-0.15, -0.1) is 0 Å². The van der Waals surface area contributed by atoms with Gasteiger partial charge in [-0.1, -0.05) is 42.5 Å². The molecule has 3 unspecified atom stereocenters. The highest BCUT2D eigenvalue weighted by molar-refractivity contribution is 6.07. The van der Waals surface area contributed by atoms with Crippen molar-refractivity contribution in [2.75, 3.05) is 33.8 Å². The summed E-state index contributed by atoms with van der Waals surface area (Å²) in [7, 11) is 3.04. The van der Waals surface area contributed by atoms with Crippen molar-refractivity contribution in [2.45, 2.75) is 37.6 Å². The molecule has 36 heavy (non-hydrogen) atoms. The second kappa shape index (κ2) is 10.4. The molecule has 0 radical (unpaired) electrons. The van der Waals surface area contributed by atoms with Crippen LogP contribution in [0.4, 0.5) is 0 Å². The SMILES string of the molecule is COc1cccc(C2C3C(=O)N(C)C(=O)C3ON2CC(=O)NC2CCN(Cc3ccccc3)CC2)c1. The predicted octanol–water partition coefficient (Wildman–Crippen LogP) is 1.75. The number of likely N-dealkylation sites (N-methyl/N-ethyl adjacent to an activating group) is 1. The van der Waals surface area contributed by atoms with Gasteiger partial charge >= 0.3 is 0 Å². The van der Waals surface area contributed by atoms with Crippen molar-refractivity contribution in [3.8, 4) is 5.75 Å². The molecule has 3 saturated heterocycles. The number of amides is 3. The molecule has 3 aliphatic rings. The molecule has 9 heteroatoms. The Bertz CT molecular complexity index is 1120. The first-order valence-corrected chi connectivity index (χ1v) is 12.4. The number of likely N-dealkylation sites (tertiary alicyclic amines) is 2. The molecule has 3 fully saturated rings. The van der Waals surface area contributed by atoms with Gasteiger partial charge in [0.2, 0.25) is 11.8 Å². The van der Waals surface area contributed by atoms with Gasteiger partial charge in [-0.2, -0.15) is 5.06 Å². The summed E-state index contributed by atoms with van der Waals surface area (Å²) in [6, 6.07) is 17.2. The van der Waals surface area contributed by atoms with E-state index in [2.05, 4.69) is 34.5 Å². The minimum atomic E-state index is -0.923. The van der Waals surface area contributed by atoms with Crippen molar-refractivity contribution in [1.29, 1.82) is 0 Å². The number of ether oxygens (including phenoxy) is 1. The fourth-order valence-electron chi connectivity index (χ4n) is 5.43. The fraction of sp³-hybridized carbons (Fsp3) is 0.444. The molecule has 0 spiro atoms. The zero-order chi connectivity index (χ0) is 25.2. The van der Waals surface area contributed by atoms with E-state index in [0.717, 1.165) is 42.9 Å². The standard InChI is InChI=1S/C27H32N4O5/c1-29-26(33)23-24(19-9-6-10-21(15-19)35-2)31(36-25(23)27(29)34)17-22(32)28-20-11-13-30(14-12-20)16-18-7-4-3-5-8-18/h3-10,15,20,23-25H,11-14,16-17H2,1-2H3,(H,28,32). The summed E-state index contributed by atoms with van der Waals surface area (Å²) in [6.07, 6.45) is 0.810.